The van der Waals surface area contributed by atoms with Crippen molar-refractivity contribution in [3.05, 3.63) is 72.6 Å². The quantitative estimate of drug-likeness (QED) is 0.400. The smallest absolute Gasteiger partial charge is 0.139 e. The Morgan fingerprint density at radius 1 is 0.971 bits per heavy atom. The normalized spacial score (nSPS) is 14.1. The van der Waals surface area contributed by atoms with Gasteiger partial charge in [-0.1, -0.05) is 24.3 Å². The molecule has 6 heteroatoms. The average Bonchev–Trinajstić information content (AvgIpc) is 2.89. The number of aromatic nitrogens is 1. The number of nitriles is 1. The van der Waals surface area contributed by atoms with Crippen LogP contribution in [0.5, 0.6) is 5.75 Å². The van der Waals surface area contributed by atoms with Crippen molar-refractivity contribution in [3.8, 4) is 22.9 Å². The van der Waals surface area contributed by atoms with Gasteiger partial charge in [-0.05, 0) is 69.1 Å². The summed E-state index contributed by atoms with van der Waals surface area (Å²) < 4.78 is 5.86. The molecule has 1 aliphatic heterocycles. The van der Waals surface area contributed by atoms with E-state index in [4.69, 9.17) is 4.74 Å². The van der Waals surface area contributed by atoms with Crippen LogP contribution in [-0.2, 0) is 0 Å². The molecule has 6 nitrogen and oxygen atoms in total. The molecule has 4 rings (SSSR count). The van der Waals surface area contributed by atoms with E-state index in [-0.39, 0.29) is 6.10 Å². The van der Waals surface area contributed by atoms with Gasteiger partial charge in [0, 0.05) is 56.4 Å². The molecule has 1 saturated heterocycles. The molecule has 0 unspecified atom stereocenters. The minimum atomic E-state index is 0.0489. The second-order valence-electron chi connectivity index (χ2n) is 9.17. The fraction of sp³-hybridized carbons (Fsp3) is 0.379. The lowest BCUT2D eigenvalue weighted by atomic mass is 10.0. The van der Waals surface area contributed by atoms with Gasteiger partial charge in [0.15, 0.2) is 0 Å². The molecule has 0 aliphatic carbocycles. The Morgan fingerprint density at radius 3 is 2.49 bits per heavy atom. The Kier molecular flexibility index (Phi) is 8.58. The summed E-state index contributed by atoms with van der Waals surface area (Å²) >= 11 is 0. The van der Waals surface area contributed by atoms with Gasteiger partial charge in [0.2, 0.25) is 0 Å². The zero-order valence-corrected chi connectivity index (χ0v) is 20.8. The van der Waals surface area contributed by atoms with Gasteiger partial charge in [-0.2, -0.15) is 5.26 Å². The van der Waals surface area contributed by atoms with Crippen molar-refractivity contribution in [2.45, 2.75) is 32.8 Å². The Hall–Kier alpha value is -3.56. The van der Waals surface area contributed by atoms with Crippen molar-refractivity contribution in [2.75, 3.05) is 49.5 Å². The van der Waals surface area contributed by atoms with E-state index in [1.165, 1.54) is 16.8 Å². The monoisotopic (exact) mass is 469 g/mol. The van der Waals surface area contributed by atoms with Gasteiger partial charge in [0.05, 0.1) is 11.8 Å². The van der Waals surface area contributed by atoms with Gasteiger partial charge < -0.3 is 15.0 Å². The van der Waals surface area contributed by atoms with Crippen LogP contribution in [0.4, 0.5) is 11.4 Å². The number of nitrogens with zero attached hydrogens (tertiary/aromatic N) is 4. The van der Waals surface area contributed by atoms with Gasteiger partial charge >= 0.3 is 0 Å². The number of rotatable bonds is 10. The van der Waals surface area contributed by atoms with E-state index in [1.54, 1.807) is 0 Å². The molecule has 2 aromatic carbocycles. The summed E-state index contributed by atoms with van der Waals surface area (Å²) in [7, 11) is 0. The molecule has 2 heterocycles. The van der Waals surface area contributed by atoms with Gasteiger partial charge in [0.25, 0.3) is 0 Å². The molecule has 1 aliphatic rings. The summed E-state index contributed by atoms with van der Waals surface area (Å²) in [4.78, 5) is 8.98. The molecule has 1 N–H and O–H groups in total. The van der Waals surface area contributed by atoms with Crippen LogP contribution >= 0.6 is 0 Å². The summed E-state index contributed by atoms with van der Waals surface area (Å²) in [6, 6.07) is 20.8. The molecule has 0 radical (unpaired) electrons. The van der Waals surface area contributed by atoms with Crippen molar-refractivity contribution >= 4 is 11.4 Å². The highest BCUT2D eigenvalue weighted by Gasteiger charge is 2.21. The van der Waals surface area contributed by atoms with Crippen LogP contribution in [0.1, 0.15) is 32.3 Å². The minimum absolute atomic E-state index is 0.0489. The third kappa shape index (κ3) is 6.52. The first kappa shape index (κ1) is 24.6. The lowest BCUT2D eigenvalue weighted by Gasteiger charge is -2.36. The van der Waals surface area contributed by atoms with Crippen LogP contribution in [0.25, 0.3) is 11.1 Å². The van der Waals surface area contributed by atoms with E-state index >= 15 is 0 Å². The van der Waals surface area contributed by atoms with Crippen LogP contribution in [0.15, 0.2) is 67.0 Å². The lowest BCUT2D eigenvalue weighted by Crippen LogP contribution is -2.46. The first-order valence-electron chi connectivity index (χ1n) is 12.6. The Balaban J connectivity index is 1.22. The van der Waals surface area contributed by atoms with Crippen molar-refractivity contribution in [1.82, 2.24) is 9.88 Å². The molecule has 0 atom stereocenters. The van der Waals surface area contributed by atoms with Crippen molar-refractivity contribution < 1.29 is 4.74 Å². The third-order valence-electron chi connectivity index (χ3n) is 6.33. The van der Waals surface area contributed by atoms with E-state index in [0.29, 0.717) is 11.3 Å². The highest BCUT2D eigenvalue weighted by Crippen LogP contribution is 2.30. The van der Waals surface area contributed by atoms with Crippen LogP contribution in [0, 0.1) is 11.3 Å². The number of benzene rings is 2. The first-order valence-corrected chi connectivity index (χ1v) is 12.6. The number of hydrogen-bond acceptors (Lipinski definition) is 6. The number of nitrogens with one attached hydrogen (secondary N) is 1. The predicted octanol–water partition coefficient (Wildman–Crippen LogP) is 5.42. The maximum atomic E-state index is 9.75. The number of ether oxygens (including phenoxy) is 1. The molecule has 0 bridgehead atoms. The third-order valence-corrected chi connectivity index (χ3v) is 6.33. The standard InChI is InChI=1S/C29H35N5O/c1-23(2)35-29-11-7-10-28(26(29)22-30)34-20-18-33(19-21-34)17-6-5-14-32-27-9-4-3-8-25(27)24-12-15-31-16-13-24/h3-4,7-13,15-16,23,32H,5-6,14,17-21H2,1-2H3. The van der Waals surface area contributed by atoms with E-state index in [0.717, 1.165) is 57.8 Å². The fourth-order valence-corrected chi connectivity index (χ4v) is 4.56. The maximum Gasteiger partial charge on any atom is 0.139 e. The lowest BCUT2D eigenvalue weighted by molar-refractivity contribution is 0.241. The summed E-state index contributed by atoms with van der Waals surface area (Å²) in [6.45, 7) is 9.91. The topological polar surface area (TPSA) is 64.4 Å². The summed E-state index contributed by atoms with van der Waals surface area (Å²) in [6.07, 6.45) is 6.00. The molecular weight excluding hydrogens is 434 g/mol. The van der Waals surface area contributed by atoms with E-state index < -0.39 is 0 Å². The number of unbranched alkanes of at least 4 members (excludes halogenated alkanes) is 1. The highest BCUT2D eigenvalue weighted by molar-refractivity contribution is 5.77. The molecule has 3 aromatic rings. The van der Waals surface area contributed by atoms with Crippen molar-refractivity contribution in [3.63, 3.8) is 0 Å². The fourth-order valence-electron chi connectivity index (χ4n) is 4.56. The Labute approximate surface area is 209 Å². The van der Waals surface area contributed by atoms with Gasteiger partial charge in [-0.3, -0.25) is 9.88 Å². The van der Waals surface area contributed by atoms with Gasteiger partial charge in [-0.15, -0.1) is 0 Å². The van der Waals surface area contributed by atoms with Crippen LogP contribution in [0.2, 0.25) is 0 Å². The molecule has 0 spiro atoms. The molecule has 0 amide bonds. The molecule has 1 fully saturated rings. The van der Waals surface area contributed by atoms with Crippen LogP contribution < -0.4 is 15.0 Å². The van der Waals surface area contributed by atoms with Crippen molar-refractivity contribution in [2.24, 2.45) is 0 Å². The first-order chi connectivity index (χ1) is 17.2. The predicted molar refractivity (Wildman–Crippen MR) is 143 cm³/mol. The van der Waals surface area contributed by atoms with E-state index in [9.17, 15) is 5.26 Å². The van der Waals surface area contributed by atoms with E-state index in [2.05, 4.69) is 50.4 Å². The zero-order chi connectivity index (χ0) is 24.5. The number of anilines is 2. The molecule has 1 aromatic heterocycles. The average molecular weight is 470 g/mol. The SMILES string of the molecule is CC(C)Oc1cccc(N2CCN(CCCCNc3ccccc3-c3ccncc3)CC2)c1C#N. The molecule has 35 heavy (non-hydrogen) atoms. The summed E-state index contributed by atoms with van der Waals surface area (Å²) in [5, 5.41) is 13.4. The zero-order valence-electron chi connectivity index (χ0n) is 20.8. The number of piperazine rings is 1. The Morgan fingerprint density at radius 2 is 1.74 bits per heavy atom. The summed E-state index contributed by atoms with van der Waals surface area (Å²) in [5.41, 5.74) is 5.20. The number of hydrogen-bond donors (Lipinski definition) is 1. The Bertz CT molecular complexity index is 1120. The van der Waals surface area contributed by atoms with E-state index in [1.807, 2.05) is 56.6 Å². The molecular formula is C29H35N5O. The molecule has 182 valence electrons. The van der Waals surface area contributed by atoms with Gasteiger partial charge in [0.1, 0.15) is 17.4 Å². The van der Waals surface area contributed by atoms with Crippen LogP contribution in [0.3, 0.4) is 0 Å². The van der Waals surface area contributed by atoms with Crippen LogP contribution in [-0.4, -0.2) is 55.3 Å². The van der Waals surface area contributed by atoms with Gasteiger partial charge in [-0.25, -0.2) is 0 Å². The molecule has 0 saturated carbocycles. The number of pyridine rings is 1. The maximum absolute atomic E-state index is 9.75. The second-order valence-corrected chi connectivity index (χ2v) is 9.17. The van der Waals surface area contributed by atoms with Crippen molar-refractivity contribution in [1.29, 1.82) is 5.26 Å². The largest absolute Gasteiger partial charge is 0.490 e. The highest BCUT2D eigenvalue weighted by atomic mass is 16.5. The summed E-state index contributed by atoms with van der Waals surface area (Å²) in [5.74, 6) is 0.681. The second kappa shape index (κ2) is 12.2. The number of para-hydroxylation sites is 1. The minimum Gasteiger partial charge on any atom is -0.490 e.